The fourth-order valence-electron chi connectivity index (χ4n) is 4.55. The first-order chi connectivity index (χ1) is 17.8. The van der Waals surface area contributed by atoms with Crippen molar-refractivity contribution in [2.75, 3.05) is 0 Å². The summed E-state index contributed by atoms with van der Waals surface area (Å²) in [7, 11) is 0. The third-order valence-electron chi connectivity index (χ3n) is 6.33. The molecular formula is C31H19N5. The highest BCUT2D eigenvalue weighted by atomic mass is 14.9. The lowest BCUT2D eigenvalue weighted by molar-refractivity contribution is 1.24. The van der Waals surface area contributed by atoms with E-state index in [0.717, 1.165) is 61.2 Å². The van der Waals surface area contributed by atoms with Crippen molar-refractivity contribution in [2.24, 2.45) is 0 Å². The highest BCUT2D eigenvalue weighted by molar-refractivity contribution is 5.96. The predicted molar refractivity (Wildman–Crippen MR) is 144 cm³/mol. The van der Waals surface area contributed by atoms with Crippen molar-refractivity contribution >= 4 is 32.8 Å². The van der Waals surface area contributed by atoms with Crippen molar-refractivity contribution in [3.05, 3.63) is 115 Å². The summed E-state index contributed by atoms with van der Waals surface area (Å²) in [5, 5.41) is 3.15. The second kappa shape index (κ2) is 8.32. The maximum absolute atomic E-state index is 5.02. The van der Waals surface area contributed by atoms with Crippen molar-refractivity contribution in [1.82, 2.24) is 24.9 Å². The number of nitrogens with zero attached hydrogens (tertiary/aromatic N) is 5. The number of pyridine rings is 5. The maximum atomic E-state index is 5.02. The molecule has 5 aromatic heterocycles. The van der Waals surface area contributed by atoms with E-state index in [1.165, 1.54) is 0 Å². The van der Waals surface area contributed by atoms with Crippen LogP contribution in [-0.2, 0) is 0 Å². The molecule has 5 heterocycles. The van der Waals surface area contributed by atoms with Gasteiger partial charge in [0, 0.05) is 27.9 Å². The molecule has 0 radical (unpaired) electrons. The van der Waals surface area contributed by atoms with Gasteiger partial charge in [-0.3, -0.25) is 0 Å². The number of aromatic nitrogens is 5. The SMILES string of the molecule is c1cc(-c2ccc3cccnc3n2)nc(-c2cc(-c3ccc4ccccc4n3)nc3ccccc23)c1. The van der Waals surface area contributed by atoms with E-state index in [0.29, 0.717) is 5.65 Å². The van der Waals surface area contributed by atoms with Gasteiger partial charge in [0.05, 0.1) is 39.5 Å². The third kappa shape index (κ3) is 3.54. The first kappa shape index (κ1) is 20.4. The molecule has 0 fully saturated rings. The lowest BCUT2D eigenvalue weighted by Crippen LogP contribution is -1.95. The van der Waals surface area contributed by atoms with E-state index in [1.807, 2.05) is 84.9 Å². The molecule has 7 aromatic rings. The largest absolute Gasteiger partial charge is 0.246 e. The Balaban J connectivity index is 1.40. The van der Waals surface area contributed by atoms with Crippen LogP contribution < -0.4 is 0 Å². The summed E-state index contributed by atoms with van der Waals surface area (Å²) in [4.78, 5) is 24.0. The summed E-state index contributed by atoms with van der Waals surface area (Å²) < 4.78 is 0. The minimum atomic E-state index is 0.709. The zero-order valence-corrected chi connectivity index (χ0v) is 19.2. The fraction of sp³-hybridized carbons (Fsp3) is 0. The summed E-state index contributed by atoms with van der Waals surface area (Å²) in [6, 6.07) is 36.5. The van der Waals surface area contributed by atoms with E-state index in [2.05, 4.69) is 29.2 Å². The molecule has 0 bridgehead atoms. The lowest BCUT2D eigenvalue weighted by atomic mass is 10.0. The van der Waals surface area contributed by atoms with E-state index >= 15 is 0 Å². The highest BCUT2D eigenvalue weighted by Crippen LogP contribution is 2.32. The number of benzene rings is 2. The Morgan fingerprint density at radius 1 is 0.417 bits per heavy atom. The predicted octanol–water partition coefficient (Wildman–Crippen LogP) is 7.12. The number of fused-ring (bicyclic) bond motifs is 3. The Hall–Kier alpha value is -5.03. The van der Waals surface area contributed by atoms with E-state index in [1.54, 1.807) is 6.20 Å². The number of para-hydroxylation sites is 2. The molecule has 0 N–H and O–H groups in total. The minimum Gasteiger partial charge on any atom is -0.246 e. The molecule has 5 nitrogen and oxygen atoms in total. The lowest BCUT2D eigenvalue weighted by Gasteiger charge is -2.11. The molecule has 0 saturated heterocycles. The number of hydrogen-bond acceptors (Lipinski definition) is 5. The summed E-state index contributed by atoms with van der Waals surface area (Å²) in [6.07, 6.45) is 1.76. The normalized spacial score (nSPS) is 11.3. The van der Waals surface area contributed by atoms with E-state index < -0.39 is 0 Å². The molecule has 36 heavy (non-hydrogen) atoms. The van der Waals surface area contributed by atoms with Crippen LogP contribution in [0.4, 0.5) is 0 Å². The first-order valence-corrected chi connectivity index (χ1v) is 11.8. The molecule has 0 aliphatic carbocycles. The molecule has 0 saturated carbocycles. The molecule has 0 spiro atoms. The Morgan fingerprint density at radius 3 is 2.06 bits per heavy atom. The van der Waals surface area contributed by atoms with Gasteiger partial charge in [0.25, 0.3) is 0 Å². The smallest absolute Gasteiger partial charge is 0.159 e. The van der Waals surface area contributed by atoms with Crippen LogP contribution in [0.3, 0.4) is 0 Å². The summed E-state index contributed by atoms with van der Waals surface area (Å²) in [5.41, 5.74) is 7.66. The third-order valence-corrected chi connectivity index (χ3v) is 6.33. The van der Waals surface area contributed by atoms with Gasteiger partial charge in [-0.05, 0) is 60.7 Å². The average Bonchev–Trinajstić information content (AvgIpc) is 2.96. The zero-order chi connectivity index (χ0) is 23.9. The van der Waals surface area contributed by atoms with Crippen LogP contribution in [0.2, 0.25) is 0 Å². The molecule has 5 heteroatoms. The van der Waals surface area contributed by atoms with Crippen molar-refractivity contribution in [1.29, 1.82) is 0 Å². The Morgan fingerprint density at radius 2 is 1.11 bits per heavy atom. The standard InChI is InChI=1S/C31H19N5/c1-3-10-24-20(7-1)14-16-29(33-24)30-19-23(22-9-2-4-11-25(22)35-30)26-12-5-13-27(34-26)28-17-15-21-8-6-18-32-31(21)36-28/h1-19H. The van der Waals surface area contributed by atoms with Crippen molar-refractivity contribution < 1.29 is 0 Å². The van der Waals surface area contributed by atoms with Crippen LogP contribution in [0.1, 0.15) is 0 Å². The van der Waals surface area contributed by atoms with E-state index in [-0.39, 0.29) is 0 Å². The van der Waals surface area contributed by atoms with Crippen LogP contribution in [0.25, 0.3) is 66.9 Å². The molecular weight excluding hydrogens is 442 g/mol. The topological polar surface area (TPSA) is 64.5 Å². The van der Waals surface area contributed by atoms with E-state index in [9.17, 15) is 0 Å². The van der Waals surface area contributed by atoms with Crippen LogP contribution in [0.15, 0.2) is 115 Å². The average molecular weight is 462 g/mol. The van der Waals surface area contributed by atoms with Crippen LogP contribution in [0.5, 0.6) is 0 Å². The Bertz CT molecular complexity index is 1910. The first-order valence-electron chi connectivity index (χ1n) is 11.8. The fourth-order valence-corrected chi connectivity index (χ4v) is 4.55. The minimum absolute atomic E-state index is 0.709. The molecule has 7 rings (SSSR count). The monoisotopic (exact) mass is 461 g/mol. The zero-order valence-electron chi connectivity index (χ0n) is 19.2. The van der Waals surface area contributed by atoms with Gasteiger partial charge < -0.3 is 0 Å². The number of hydrogen-bond donors (Lipinski definition) is 0. The van der Waals surface area contributed by atoms with Gasteiger partial charge >= 0.3 is 0 Å². The molecule has 0 amide bonds. The Labute approximate surface area is 207 Å². The van der Waals surface area contributed by atoms with Crippen molar-refractivity contribution in [3.8, 4) is 34.0 Å². The van der Waals surface area contributed by atoms with Crippen LogP contribution >= 0.6 is 0 Å². The second-order valence-corrected chi connectivity index (χ2v) is 8.62. The van der Waals surface area contributed by atoms with E-state index in [4.69, 9.17) is 19.9 Å². The summed E-state index contributed by atoms with van der Waals surface area (Å²) in [6.45, 7) is 0. The van der Waals surface area contributed by atoms with Crippen molar-refractivity contribution in [3.63, 3.8) is 0 Å². The molecule has 0 atom stereocenters. The van der Waals surface area contributed by atoms with Gasteiger partial charge in [-0.15, -0.1) is 0 Å². The van der Waals surface area contributed by atoms with Gasteiger partial charge in [-0.1, -0.05) is 48.5 Å². The van der Waals surface area contributed by atoms with Crippen LogP contribution in [0, 0.1) is 0 Å². The maximum Gasteiger partial charge on any atom is 0.159 e. The van der Waals surface area contributed by atoms with Gasteiger partial charge in [0.2, 0.25) is 0 Å². The quantitative estimate of drug-likeness (QED) is 0.280. The second-order valence-electron chi connectivity index (χ2n) is 8.62. The van der Waals surface area contributed by atoms with Gasteiger partial charge in [-0.25, -0.2) is 24.9 Å². The van der Waals surface area contributed by atoms with Crippen molar-refractivity contribution in [2.45, 2.75) is 0 Å². The molecule has 168 valence electrons. The summed E-state index contributed by atoms with van der Waals surface area (Å²) in [5.74, 6) is 0. The highest BCUT2D eigenvalue weighted by Gasteiger charge is 2.13. The molecule has 0 aliphatic rings. The Kier molecular flexibility index (Phi) is 4.71. The molecule has 0 unspecified atom stereocenters. The molecule has 2 aromatic carbocycles. The molecule has 0 aliphatic heterocycles. The summed E-state index contributed by atoms with van der Waals surface area (Å²) >= 11 is 0. The van der Waals surface area contributed by atoms with Gasteiger partial charge in [0.15, 0.2) is 5.65 Å². The number of rotatable bonds is 3. The van der Waals surface area contributed by atoms with Gasteiger partial charge in [0.1, 0.15) is 0 Å². The van der Waals surface area contributed by atoms with Gasteiger partial charge in [-0.2, -0.15) is 0 Å². The van der Waals surface area contributed by atoms with Crippen LogP contribution in [-0.4, -0.2) is 24.9 Å².